The van der Waals surface area contributed by atoms with Crippen molar-refractivity contribution in [2.45, 2.75) is 25.3 Å². The quantitative estimate of drug-likeness (QED) is 0.527. The molecule has 0 saturated heterocycles. The number of hydrogen-bond donors (Lipinski definition) is 2. The maximum Gasteiger partial charge on any atom is 0.212 e. The Morgan fingerprint density at radius 3 is 2.68 bits per heavy atom. The second-order valence-corrected chi connectivity index (χ2v) is 6.81. The third kappa shape index (κ3) is 6.51. The first-order valence-corrected chi connectivity index (χ1v) is 8.13. The molecule has 1 atom stereocenters. The molecule has 0 aliphatic rings. The lowest BCUT2D eigenvalue weighted by molar-refractivity contribution is 0.397. The summed E-state index contributed by atoms with van der Waals surface area (Å²) in [5.74, 6) is 6.24. The standard InChI is InChI=1S/C12H21N3O3S/c1-18-12-6-5-10(9-14-12)8-11(15-13)4-3-7-19(2,16)17/h5-6,9,11,15H,3-4,7-8,13H2,1-2H3. The summed E-state index contributed by atoms with van der Waals surface area (Å²) in [6, 6.07) is 3.75. The normalized spacial score (nSPS) is 13.2. The van der Waals surface area contributed by atoms with Crippen LogP contribution in [0.25, 0.3) is 0 Å². The molecule has 19 heavy (non-hydrogen) atoms. The van der Waals surface area contributed by atoms with Crippen molar-refractivity contribution >= 4 is 9.84 Å². The van der Waals surface area contributed by atoms with Crippen molar-refractivity contribution in [2.75, 3.05) is 19.1 Å². The fourth-order valence-corrected chi connectivity index (χ4v) is 2.46. The average Bonchev–Trinajstić information content (AvgIpc) is 2.37. The maximum atomic E-state index is 11.1. The van der Waals surface area contributed by atoms with Crippen LogP contribution in [0.5, 0.6) is 5.88 Å². The number of nitrogens with one attached hydrogen (secondary N) is 1. The van der Waals surface area contributed by atoms with E-state index in [0.717, 1.165) is 5.56 Å². The molecule has 3 N–H and O–H groups in total. The fourth-order valence-electron chi connectivity index (χ4n) is 1.77. The first-order chi connectivity index (χ1) is 8.94. The molecule has 0 radical (unpaired) electrons. The smallest absolute Gasteiger partial charge is 0.212 e. The predicted molar refractivity (Wildman–Crippen MR) is 74.5 cm³/mol. The Morgan fingerprint density at radius 2 is 2.21 bits per heavy atom. The predicted octanol–water partition coefficient (Wildman–Crippen LogP) is 0.289. The van der Waals surface area contributed by atoms with E-state index in [4.69, 9.17) is 10.6 Å². The van der Waals surface area contributed by atoms with E-state index in [2.05, 4.69) is 10.4 Å². The van der Waals surface area contributed by atoms with E-state index >= 15 is 0 Å². The van der Waals surface area contributed by atoms with Crippen molar-refractivity contribution < 1.29 is 13.2 Å². The molecule has 1 aromatic rings. The molecule has 0 aliphatic heterocycles. The average molecular weight is 287 g/mol. The van der Waals surface area contributed by atoms with Gasteiger partial charge < -0.3 is 4.74 Å². The van der Waals surface area contributed by atoms with Gasteiger partial charge in [0.2, 0.25) is 5.88 Å². The van der Waals surface area contributed by atoms with E-state index in [9.17, 15) is 8.42 Å². The van der Waals surface area contributed by atoms with Crippen molar-refractivity contribution in [3.8, 4) is 5.88 Å². The minimum absolute atomic E-state index is 0.0388. The Kier molecular flexibility index (Phi) is 6.20. The Bertz CT molecular complexity index is 473. The summed E-state index contributed by atoms with van der Waals surface area (Å²) in [6.45, 7) is 0. The Balaban J connectivity index is 2.46. The SMILES string of the molecule is COc1ccc(CC(CCCS(C)(=O)=O)NN)cn1. The lowest BCUT2D eigenvalue weighted by atomic mass is 10.0. The van der Waals surface area contributed by atoms with Gasteiger partial charge in [0.1, 0.15) is 9.84 Å². The highest BCUT2D eigenvalue weighted by atomic mass is 32.2. The molecule has 0 bridgehead atoms. The third-order valence-electron chi connectivity index (χ3n) is 2.79. The van der Waals surface area contributed by atoms with Gasteiger partial charge in [-0.1, -0.05) is 6.07 Å². The van der Waals surface area contributed by atoms with E-state index < -0.39 is 9.84 Å². The first-order valence-electron chi connectivity index (χ1n) is 6.07. The summed E-state index contributed by atoms with van der Waals surface area (Å²) >= 11 is 0. The molecule has 1 unspecified atom stereocenters. The molecule has 1 aromatic heterocycles. The molecule has 0 aliphatic carbocycles. The third-order valence-corrected chi connectivity index (χ3v) is 3.82. The Morgan fingerprint density at radius 1 is 1.47 bits per heavy atom. The number of methoxy groups -OCH3 is 1. The zero-order chi connectivity index (χ0) is 14.3. The number of hydrogen-bond acceptors (Lipinski definition) is 6. The van der Waals surface area contributed by atoms with Crippen molar-refractivity contribution in [1.29, 1.82) is 0 Å². The second kappa shape index (κ2) is 7.42. The number of ether oxygens (including phenoxy) is 1. The van der Waals surface area contributed by atoms with Gasteiger partial charge in [0.15, 0.2) is 0 Å². The summed E-state index contributed by atoms with van der Waals surface area (Å²) in [6.07, 6.45) is 4.98. The van der Waals surface area contributed by atoms with Gasteiger partial charge in [-0.2, -0.15) is 0 Å². The number of rotatable bonds is 8. The molecule has 0 spiro atoms. The molecule has 6 nitrogen and oxygen atoms in total. The van der Waals surface area contributed by atoms with E-state index in [1.165, 1.54) is 6.26 Å². The summed E-state index contributed by atoms with van der Waals surface area (Å²) in [7, 11) is -1.34. The van der Waals surface area contributed by atoms with Crippen LogP contribution in [0, 0.1) is 0 Å². The zero-order valence-corrected chi connectivity index (χ0v) is 12.1. The highest BCUT2D eigenvalue weighted by Gasteiger charge is 2.10. The van der Waals surface area contributed by atoms with Gasteiger partial charge in [0.25, 0.3) is 0 Å². The van der Waals surface area contributed by atoms with Crippen LogP contribution >= 0.6 is 0 Å². The molecular formula is C12H21N3O3S. The van der Waals surface area contributed by atoms with E-state index in [0.29, 0.717) is 25.1 Å². The number of hydrazine groups is 1. The number of nitrogens with two attached hydrogens (primary N) is 1. The summed E-state index contributed by atoms with van der Waals surface area (Å²) in [5.41, 5.74) is 3.74. The van der Waals surface area contributed by atoms with Gasteiger partial charge >= 0.3 is 0 Å². The first kappa shape index (κ1) is 15.9. The fraction of sp³-hybridized carbons (Fsp3) is 0.583. The van der Waals surface area contributed by atoms with Crippen LogP contribution in [0.15, 0.2) is 18.3 Å². The summed E-state index contributed by atoms with van der Waals surface area (Å²) < 4.78 is 27.1. The van der Waals surface area contributed by atoms with Gasteiger partial charge in [0, 0.05) is 30.3 Å². The Hall–Kier alpha value is -1.18. The van der Waals surface area contributed by atoms with Crippen LogP contribution < -0.4 is 16.0 Å². The van der Waals surface area contributed by atoms with Crippen LogP contribution in [-0.4, -0.2) is 38.6 Å². The van der Waals surface area contributed by atoms with Crippen molar-refractivity contribution in [2.24, 2.45) is 5.84 Å². The minimum Gasteiger partial charge on any atom is -0.481 e. The van der Waals surface area contributed by atoms with Crippen LogP contribution in [0.1, 0.15) is 18.4 Å². The lowest BCUT2D eigenvalue weighted by Gasteiger charge is -2.15. The molecular weight excluding hydrogens is 266 g/mol. The highest BCUT2D eigenvalue weighted by Crippen LogP contribution is 2.11. The molecule has 7 heteroatoms. The van der Waals surface area contributed by atoms with Gasteiger partial charge in [-0.25, -0.2) is 13.4 Å². The summed E-state index contributed by atoms with van der Waals surface area (Å²) in [4.78, 5) is 4.12. The molecule has 0 amide bonds. The number of pyridine rings is 1. The lowest BCUT2D eigenvalue weighted by Crippen LogP contribution is -2.37. The topological polar surface area (TPSA) is 94.3 Å². The number of aromatic nitrogens is 1. The molecule has 108 valence electrons. The van der Waals surface area contributed by atoms with Crippen LogP contribution in [-0.2, 0) is 16.3 Å². The molecule has 1 rings (SSSR count). The van der Waals surface area contributed by atoms with Crippen LogP contribution in [0.3, 0.4) is 0 Å². The van der Waals surface area contributed by atoms with Crippen molar-refractivity contribution in [1.82, 2.24) is 10.4 Å². The second-order valence-electron chi connectivity index (χ2n) is 4.55. The van der Waals surface area contributed by atoms with Gasteiger partial charge in [-0.05, 0) is 24.8 Å². The molecule has 0 saturated carbocycles. The van der Waals surface area contributed by atoms with E-state index in [1.807, 2.05) is 6.07 Å². The Labute approximate surface area is 114 Å². The summed E-state index contributed by atoms with van der Waals surface area (Å²) in [5, 5.41) is 0. The van der Waals surface area contributed by atoms with E-state index in [-0.39, 0.29) is 11.8 Å². The largest absolute Gasteiger partial charge is 0.481 e. The zero-order valence-electron chi connectivity index (χ0n) is 11.3. The van der Waals surface area contributed by atoms with E-state index in [1.54, 1.807) is 19.4 Å². The van der Waals surface area contributed by atoms with Crippen LogP contribution in [0.2, 0.25) is 0 Å². The number of nitrogens with zero attached hydrogens (tertiary/aromatic N) is 1. The van der Waals surface area contributed by atoms with Crippen molar-refractivity contribution in [3.05, 3.63) is 23.9 Å². The molecule has 0 aromatic carbocycles. The monoisotopic (exact) mass is 287 g/mol. The van der Waals surface area contributed by atoms with Gasteiger partial charge in [0.05, 0.1) is 7.11 Å². The van der Waals surface area contributed by atoms with Crippen molar-refractivity contribution in [3.63, 3.8) is 0 Å². The van der Waals surface area contributed by atoms with Gasteiger partial charge in [-0.3, -0.25) is 11.3 Å². The van der Waals surface area contributed by atoms with Crippen LogP contribution in [0.4, 0.5) is 0 Å². The number of sulfone groups is 1. The van der Waals surface area contributed by atoms with Gasteiger partial charge in [-0.15, -0.1) is 0 Å². The molecule has 0 fully saturated rings. The maximum absolute atomic E-state index is 11.1. The highest BCUT2D eigenvalue weighted by molar-refractivity contribution is 7.90. The minimum atomic E-state index is -2.91. The molecule has 1 heterocycles.